The van der Waals surface area contributed by atoms with Gasteiger partial charge in [-0.15, -0.1) is 0 Å². The van der Waals surface area contributed by atoms with E-state index in [1.807, 2.05) is 13.0 Å². The number of nitrogens with one attached hydrogen (secondary N) is 2. The molecule has 186 valence electrons. The van der Waals surface area contributed by atoms with Crippen molar-refractivity contribution in [3.8, 4) is 34.3 Å². The average molecular weight is 498 g/mol. The van der Waals surface area contributed by atoms with E-state index in [4.69, 9.17) is 9.15 Å². The molecule has 1 saturated carbocycles. The van der Waals surface area contributed by atoms with Crippen LogP contribution >= 0.6 is 0 Å². The van der Waals surface area contributed by atoms with Gasteiger partial charge in [-0.2, -0.15) is 5.26 Å². The smallest absolute Gasteiger partial charge is 0.255 e. The molecule has 1 aliphatic rings. The standard InChI is InChI=1S/C29H24FN3O4/c1-3-36-23-15-24-22(25(28(35)32-2)26(37-24)17-7-9-20(30)10-8-17)14-21(23)18-5-4-6-19(13-18)27(34)33-29(16-31)11-12-29/h4-10,13-15H,3,11-12H2,1-2H3,(H,32,35)(H,33,34). The van der Waals surface area contributed by atoms with Crippen LogP contribution < -0.4 is 15.4 Å². The van der Waals surface area contributed by atoms with E-state index < -0.39 is 11.4 Å². The van der Waals surface area contributed by atoms with Crippen LogP contribution in [0.5, 0.6) is 5.75 Å². The predicted molar refractivity (Wildman–Crippen MR) is 137 cm³/mol. The zero-order valence-corrected chi connectivity index (χ0v) is 20.4. The second-order valence-electron chi connectivity index (χ2n) is 8.90. The normalized spacial score (nSPS) is 13.6. The second-order valence-corrected chi connectivity index (χ2v) is 8.90. The Morgan fingerprint density at radius 3 is 2.49 bits per heavy atom. The number of hydrogen-bond acceptors (Lipinski definition) is 5. The van der Waals surface area contributed by atoms with Gasteiger partial charge in [-0.3, -0.25) is 9.59 Å². The lowest BCUT2D eigenvalue weighted by Gasteiger charge is -2.13. The maximum atomic E-state index is 13.5. The van der Waals surface area contributed by atoms with Crippen molar-refractivity contribution in [1.82, 2.24) is 10.6 Å². The Morgan fingerprint density at radius 2 is 1.84 bits per heavy atom. The number of nitriles is 1. The van der Waals surface area contributed by atoms with Gasteiger partial charge in [-0.1, -0.05) is 12.1 Å². The number of amides is 2. The molecule has 2 N–H and O–H groups in total. The lowest BCUT2D eigenvalue weighted by Crippen LogP contribution is -2.35. The third kappa shape index (κ3) is 4.52. The van der Waals surface area contributed by atoms with Gasteiger partial charge < -0.3 is 19.8 Å². The Kier molecular flexibility index (Phi) is 6.14. The van der Waals surface area contributed by atoms with Crippen molar-refractivity contribution in [1.29, 1.82) is 5.26 Å². The zero-order valence-electron chi connectivity index (χ0n) is 20.4. The van der Waals surface area contributed by atoms with Gasteiger partial charge in [0, 0.05) is 35.2 Å². The summed E-state index contributed by atoms with van der Waals surface area (Å²) in [5.74, 6) is -0.242. The molecular weight excluding hydrogens is 473 g/mol. The Labute approximate surface area is 212 Å². The first kappa shape index (κ1) is 24.1. The number of nitrogens with zero attached hydrogens (tertiary/aromatic N) is 1. The Hall–Kier alpha value is -4.64. The first-order valence-electron chi connectivity index (χ1n) is 11.9. The summed E-state index contributed by atoms with van der Waals surface area (Å²) in [7, 11) is 1.53. The van der Waals surface area contributed by atoms with Crippen LogP contribution in [0.4, 0.5) is 4.39 Å². The monoisotopic (exact) mass is 497 g/mol. The SMILES string of the molecule is CCOc1cc2oc(-c3ccc(F)cc3)c(C(=O)NC)c2cc1-c1cccc(C(=O)NC2(C#N)CC2)c1. The highest BCUT2D eigenvalue weighted by Crippen LogP contribution is 2.41. The second kappa shape index (κ2) is 9.43. The Bertz CT molecular complexity index is 1560. The number of furan rings is 1. The molecule has 37 heavy (non-hydrogen) atoms. The molecule has 2 amide bonds. The van der Waals surface area contributed by atoms with E-state index in [-0.39, 0.29) is 11.8 Å². The van der Waals surface area contributed by atoms with E-state index in [0.29, 0.717) is 69.7 Å². The fourth-order valence-electron chi connectivity index (χ4n) is 4.29. The third-order valence-electron chi connectivity index (χ3n) is 6.40. The van der Waals surface area contributed by atoms with Crippen LogP contribution in [-0.4, -0.2) is 31.0 Å². The van der Waals surface area contributed by atoms with E-state index in [0.717, 1.165) is 0 Å². The van der Waals surface area contributed by atoms with Crippen molar-refractivity contribution < 1.29 is 23.1 Å². The molecule has 1 aromatic heterocycles. The summed E-state index contributed by atoms with van der Waals surface area (Å²) in [4.78, 5) is 25.8. The summed E-state index contributed by atoms with van der Waals surface area (Å²) >= 11 is 0. The van der Waals surface area contributed by atoms with Crippen molar-refractivity contribution in [3.05, 3.63) is 77.6 Å². The van der Waals surface area contributed by atoms with Gasteiger partial charge in [0.25, 0.3) is 11.8 Å². The van der Waals surface area contributed by atoms with Crippen molar-refractivity contribution in [3.63, 3.8) is 0 Å². The van der Waals surface area contributed by atoms with Gasteiger partial charge in [0.1, 0.15) is 28.4 Å². The van der Waals surface area contributed by atoms with E-state index in [9.17, 15) is 19.2 Å². The molecule has 8 heteroatoms. The summed E-state index contributed by atoms with van der Waals surface area (Å²) in [5, 5.41) is 15.3. The molecule has 3 aromatic carbocycles. The summed E-state index contributed by atoms with van der Waals surface area (Å²) in [6, 6.07) is 18.4. The van der Waals surface area contributed by atoms with Crippen LogP contribution in [0.25, 0.3) is 33.4 Å². The van der Waals surface area contributed by atoms with Gasteiger partial charge in [-0.05, 0) is 67.8 Å². The van der Waals surface area contributed by atoms with Crippen LogP contribution in [0.1, 0.15) is 40.5 Å². The average Bonchev–Trinajstić information content (AvgIpc) is 3.59. The van der Waals surface area contributed by atoms with Gasteiger partial charge in [0.15, 0.2) is 0 Å². The topological polar surface area (TPSA) is 104 Å². The number of rotatable bonds is 7. The molecule has 0 bridgehead atoms. The van der Waals surface area contributed by atoms with Crippen LogP contribution in [0.15, 0.2) is 65.1 Å². The minimum atomic E-state index is -0.779. The highest BCUT2D eigenvalue weighted by molar-refractivity contribution is 6.12. The summed E-state index contributed by atoms with van der Waals surface area (Å²) in [5.41, 5.74) is 2.30. The first-order valence-corrected chi connectivity index (χ1v) is 11.9. The van der Waals surface area contributed by atoms with Crippen LogP contribution in [-0.2, 0) is 0 Å². The lowest BCUT2D eigenvalue weighted by atomic mass is 9.97. The van der Waals surface area contributed by atoms with E-state index in [2.05, 4.69) is 16.7 Å². The molecule has 0 radical (unpaired) electrons. The largest absolute Gasteiger partial charge is 0.493 e. The molecule has 0 atom stereocenters. The van der Waals surface area contributed by atoms with Crippen LogP contribution in [0.2, 0.25) is 0 Å². The number of halogens is 1. The minimum Gasteiger partial charge on any atom is -0.493 e. The maximum absolute atomic E-state index is 13.5. The van der Waals surface area contributed by atoms with Crippen molar-refractivity contribution in [2.45, 2.75) is 25.3 Å². The van der Waals surface area contributed by atoms with Gasteiger partial charge in [0.05, 0.1) is 18.2 Å². The summed E-state index contributed by atoms with van der Waals surface area (Å²) < 4.78 is 25.6. The molecule has 0 saturated heterocycles. The van der Waals surface area contributed by atoms with Gasteiger partial charge >= 0.3 is 0 Å². The fraction of sp³-hybridized carbons (Fsp3) is 0.207. The quantitative estimate of drug-likeness (QED) is 0.353. The molecule has 5 rings (SSSR count). The molecule has 1 fully saturated rings. The lowest BCUT2D eigenvalue weighted by molar-refractivity contribution is 0.0939. The summed E-state index contributed by atoms with van der Waals surface area (Å²) in [6.45, 7) is 2.24. The molecular formula is C29H24FN3O4. The van der Waals surface area contributed by atoms with E-state index in [1.165, 1.54) is 19.2 Å². The Balaban J connectivity index is 1.65. The van der Waals surface area contributed by atoms with Gasteiger partial charge in [0.2, 0.25) is 0 Å². The molecule has 1 heterocycles. The number of hydrogen-bond donors (Lipinski definition) is 2. The van der Waals surface area contributed by atoms with Crippen molar-refractivity contribution in [2.75, 3.05) is 13.7 Å². The number of carbonyl (C=O) groups excluding carboxylic acids is 2. The highest BCUT2D eigenvalue weighted by Gasteiger charge is 2.44. The molecule has 7 nitrogen and oxygen atoms in total. The van der Waals surface area contributed by atoms with Crippen LogP contribution in [0, 0.1) is 17.1 Å². The number of benzene rings is 3. The molecule has 1 aliphatic carbocycles. The number of carbonyl (C=O) groups is 2. The molecule has 0 spiro atoms. The highest BCUT2D eigenvalue weighted by atomic mass is 19.1. The number of fused-ring (bicyclic) bond motifs is 1. The minimum absolute atomic E-state index is 0.312. The molecule has 4 aromatic rings. The van der Waals surface area contributed by atoms with Gasteiger partial charge in [-0.25, -0.2) is 4.39 Å². The van der Waals surface area contributed by atoms with Crippen molar-refractivity contribution in [2.24, 2.45) is 0 Å². The van der Waals surface area contributed by atoms with E-state index in [1.54, 1.807) is 42.5 Å². The maximum Gasteiger partial charge on any atom is 0.255 e. The van der Waals surface area contributed by atoms with Crippen molar-refractivity contribution >= 4 is 22.8 Å². The summed E-state index contributed by atoms with van der Waals surface area (Å²) in [6.07, 6.45) is 1.28. The first-order chi connectivity index (χ1) is 17.9. The third-order valence-corrected chi connectivity index (χ3v) is 6.40. The fourth-order valence-corrected chi connectivity index (χ4v) is 4.29. The molecule has 0 unspecified atom stereocenters. The van der Waals surface area contributed by atoms with Crippen LogP contribution in [0.3, 0.4) is 0 Å². The molecule has 0 aliphatic heterocycles. The zero-order chi connectivity index (χ0) is 26.2. The number of ether oxygens (including phenoxy) is 1. The Morgan fingerprint density at radius 1 is 1.08 bits per heavy atom. The van der Waals surface area contributed by atoms with E-state index >= 15 is 0 Å². The predicted octanol–water partition coefficient (Wildman–Crippen LogP) is 5.45.